The zero-order valence-electron chi connectivity index (χ0n) is 16.4. The summed E-state index contributed by atoms with van der Waals surface area (Å²) >= 11 is 0. The van der Waals surface area contributed by atoms with E-state index in [1.807, 2.05) is 0 Å². The molecule has 12 heteroatoms. The van der Waals surface area contributed by atoms with E-state index in [-0.39, 0.29) is 17.6 Å². The lowest BCUT2D eigenvalue weighted by Gasteiger charge is -2.14. The van der Waals surface area contributed by atoms with Crippen LogP contribution in [-0.2, 0) is 12.4 Å². The van der Waals surface area contributed by atoms with Crippen molar-refractivity contribution >= 4 is 23.1 Å². The van der Waals surface area contributed by atoms with Gasteiger partial charge in [-0.25, -0.2) is 9.97 Å². The lowest BCUT2D eigenvalue weighted by atomic mass is 10.0. The molecule has 0 saturated carbocycles. The van der Waals surface area contributed by atoms with Crippen LogP contribution in [0.5, 0.6) is 0 Å². The molecule has 0 aliphatic heterocycles. The first-order valence-corrected chi connectivity index (χ1v) is 9.22. The fourth-order valence-electron chi connectivity index (χ4n) is 3.20. The predicted molar refractivity (Wildman–Crippen MR) is 107 cm³/mol. The highest BCUT2D eigenvalue weighted by molar-refractivity contribution is 6.04. The SMILES string of the molecule is Nc1nccn2c(-c3cccc(NC(=O)c4cc(C(F)(F)F)cc(C(F)(F)F)c4)c3)cnc12. The second-order valence-electron chi connectivity index (χ2n) is 6.98. The number of nitrogens with two attached hydrogens (primary N) is 1. The highest BCUT2D eigenvalue weighted by Gasteiger charge is 2.37. The van der Waals surface area contributed by atoms with E-state index in [4.69, 9.17) is 5.73 Å². The van der Waals surface area contributed by atoms with Crippen molar-refractivity contribution in [3.8, 4) is 11.3 Å². The number of rotatable bonds is 3. The number of halogens is 6. The fraction of sp³-hybridized carbons (Fsp3) is 0.0952. The van der Waals surface area contributed by atoms with E-state index in [2.05, 4.69) is 15.3 Å². The van der Waals surface area contributed by atoms with E-state index in [9.17, 15) is 31.1 Å². The number of hydrogen-bond acceptors (Lipinski definition) is 4. The van der Waals surface area contributed by atoms with Gasteiger partial charge in [-0.2, -0.15) is 26.3 Å². The quantitative estimate of drug-likeness (QED) is 0.404. The highest BCUT2D eigenvalue weighted by Crippen LogP contribution is 2.36. The van der Waals surface area contributed by atoms with Crippen LogP contribution in [0.15, 0.2) is 61.1 Å². The average molecular weight is 465 g/mol. The molecule has 0 spiro atoms. The van der Waals surface area contributed by atoms with Gasteiger partial charge in [-0.15, -0.1) is 0 Å². The number of nitrogens with zero attached hydrogens (tertiary/aromatic N) is 3. The van der Waals surface area contributed by atoms with E-state index in [1.54, 1.807) is 22.7 Å². The third kappa shape index (κ3) is 4.45. The first-order chi connectivity index (χ1) is 15.4. The largest absolute Gasteiger partial charge is 0.416 e. The van der Waals surface area contributed by atoms with Gasteiger partial charge in [0, 0.05) is 29.2 Å². The zero-order valence-corrected chi connectivity index (χ0v) is 16.4. The van der Waals surface area contributed by atoms with E-state index >= 15 is 0 Å². The van der Waals surface area contributed by atoms with Crippen molar-refractivity contribution in [1.82, 2.24) is 14.4 Å². The van der Waals surface area contributed by atoms with Gasteiger partial charge in [0.15, 0.2) is 11.5 Å². The summed E-state index contributed by atoms with van der Waals surface area (Å²) in [5.74, 6) is -0.937. The van der Waals surface area contributed by atoms with Gasteiger partial charge in [0.2, 0.25) is 0 Å². The molecule has 0 radical (unpaired) electrons. The molecule has 0 atom stereocenters. The molecule has 0 saturated heterocycles. The van der Waals surface area contributed by atoms with Crippen molar-refractivity contribution in [2.24, 2.45) is 0 Å². The Hall–Kier alpha value is -4.09. The van der Waals surface area contributed by atoms with Gasteiger partial charge in [-0.05, 0) is 30.3 Å². The van der Waals surface area contributed by atoms with Crippen molar-refractivity contribution in [3.63, 3.8) is 0 Å². The molecule has 2 aromatic carbocycles. The summed E-state index contributed by atoms with van der Waals surface area (Å²) in [5, 5.41) is 2.34. The third-order valence-electron chi connectivity index (χ3n) is 4.72. The van der Waals surface area contributed by atoms with Crippen LogP contribution in [0, 0.1) is 0 Å². The maximum atomic E-state index is 13.1. The van der Waals surface area contributed by atoms with Gasteiger partial charge in [-0.3, -0.25) is 9.20 Å². The first-order valence-electron chi connectivity index (χ1n) is 9.22. The Morgan fingerprint density at radius 2 is 1.61 bits per heavy atom. The van der Waals surface area contributed by atoms with E-state index in [0.29, 0.717) is 29.0 Å². The van der Waals surface area contributed by atoms with Crippen molar-refractivity contribution < 1.29 is 31.1 Å². The summed E-state index contributed by atoms with van der Waals surface area (Å²) in [5.41, 5.74) is 3.53. The van der Waals surface area contributed by atoms with Crippen LogP contribution in [0.4, 0.5) is 37.8 Å². The number of benzene rings is 2. The molecule has 6 nitrogen and oxygen atoms in total. The monoisotopic (exact) mass is 465 g/mol. The number of imidazole rings is 1. The smallest absolute Gasteiger partial charge is 0.381 e. The van der Waals surface area contributed by atoms with Crippen LogP contribution in [0.25, 0.3) is 16.9 Å². The second kappa shape index (κ2) is 7.80. The number of carbonyl (C=O) groups is 1. The number of fused-ring (bicyclic) bond motifs is 1. The molecule has 1 amide bonds. The number of nitrogen functional groups attached to an aromatic ring is 1. The lowest BCUT2D eigenvalue weighted by molar-refractivity contribution is -0.143. The van der Waals surface area contributed by atoms with Crippen LogP contribution in [0.1, 0.15) is 21.5 Å². The predicted octanol–water partition coefficient (Wildman–Crippen LogP) is 5.27. The Labute approximate surface area is 181 Å². The van der Waals surface area contributed by atoms with Crippen LogP contribution >= 0.6 is 0 Å². The van der Waals surface area contributed by atoms with Gasteiger partial charge < -0.3 is 11.1 Å². The summed E-state index contributed by atoms with van der Waals surface area (Å²) in [6, 6.07) is 6.88. The maximum Gasteiger partial charge on any atom is 0.416 e. The Balaban J connectivity index is 1.68. The van der Waals surface area contributed by atoms with E-state index in [1.165, 1.54) is 24.5 Å². The van der Waals surface area contributed by atoms with Gasteiger partial charge in [-0.1, -0.05) is 12.1 Å². The number of carbonyl (C=O) groups excluding carboxylic acids is 1. The molecule has 0 unspecified atom stereocenters. The van der Waals surface area contributed by atoms with Gasteiger partial charge in [0.1, 0.15) is 0 Å². The molecular weight excluding hydrogens is 452 g/mol. The Morgan fingerprint density at radius 1 is 0.939 bits per heavy atom. The van der Waals surface area contributed by atoms with Crippen LogP contribution in [0.3, 0.4) is 0 Å². The summed E-state index contributed by atoms with van der Waals surface area (Å²) in [7, 11) is 0. The lowest BCUT2D eigenvalue weighted by Crippen LogP contribution is -2.17. The normalized spacial score (nSPS) is 12.2. The van der Waals surface area contributed by atoms with E-state index < -0.39 is 35.0 Å². The van der Waals surface area contributed by atoms with Crippen LogP contribution in [0.2, 0.25) is 0 Å². The molecule has 3 N–H and O–H groups in total. The molecule has 0 aliphatic rings. The van der Waals surface area contributed by atoms with Crippen LogP contribution < -0.4 is 11.1 Å². The van der Waals surface area contributed by atoms with Gasteiger partial charge in [0.05, 0.1) is 23.0 Å². The van der Waals surface area contributed by atoms with Crippen LogP contribution in [-0.4, -0.2) is 20.3 Å². The molecule has 0 aliphatic carbocycles. The van der Waals surface area contributed by atoms with Crippen molar-refractivity contribution in [3.05, 3.63) is 77.7 Å². The van der Waals surface area contributed by atoms with E-state index in [0.717, 1.165) is 0 Å². The molecule has 2 aromatic heterocycles. The Kier molecular flexibility index (Phi) is 5.23. The minimum absolute atomic E-state index is 0.0390. The molecule has 2 heterocycles. The maximum absolute atomic E-state index is 13.1. The topological polar surface area (TPSA) is 85.3 Å². The summed E-state index contributed by atoms with van der Waals surface area (Å²) in [6.07, 6.45) is -5.53. The number of nitrogens with one attached hydrogen (secondary N) is 1. The van der Waals surface area contributed by atoms with Crippen molar-refractivity contribution in [1.29, 1.82) is 0 Å². The Morgan fingerprint density at radius 3 is 2.24 bits per heavy atom. The average Bonchev–Trinajstić information content (AvgIpc) is 3.18. The third-order valence-corrected chi connectivity index (χ3v) is 4.72. The number of hydrogen-bond donors (Lipinski definition) is 2. The van der Waals surface area contributed by atoms with Gasteiger partial charge in [0.25, 0.3) is 5.91 Å². The molecule has 0 fully saturated rings. The highest BCUT2D eigenvalue weighted by atomic mass is 19.4. The minimum Gasteiger partial charge on any atom is -0.381 e. The fourth-order valence-corrected chi connectivity index (χ4v) is 3.20. The van der Waals surface area contributed by atoms with Crippen molar-refractivity contribution in [2.45, 2.75) is 12.4 Å². The second-order valence-corrected chi connectivity index (χ2v) is 6.98. The molecular formula is C21H13F6N5O. The summed E-state index contributed by atoms with van der Waals surface area (Å²) in [6.45, 7) is 0. The standard InChI is InChI=1S/C21H13F6N5O/c22-20(23,24)13-6-12(7-14(9-13)21(25,26)27)19(33)31-15-3-1-2-11(8-15)16-10-30-18-17(28)29-4-5-32(16)18/h1-10H,(H2,28,29)(H,31,33). The summed E-state index contributed by atoms with van der Waals surface area (Å²) < 4.78 is 80.1. The molecule has 33 heavy (non-hydrogen) atoms. The molecule has 4 aromatic rings. The number of amides is 1. The summed E-state index contributed by atoms with van der Waals surface area (Å²) in [4.78, 5) is 20.6. The minimum atomic E-state index is -5.06. The first kappa shape index (κ1) is 22.1. The number of alkyl halides is 6. The van der Waals surface area contributed by atoms with Gasteiger partial charge >= 0.3 is 12.4 Å². The molecule has 0 bridgehead atoms. The number of anilines is 2. The Bertz CT molecular complexity index is 1330. The van der Waals surface area contributed by atoms with Crippen molar-refractivity contribution in [2.75, 3.05) is 11.1 Å². The zero-order chi connectivity index (χ0) is 24.0. The molecule has 4 rings (SSSR count). The molecule has 170 valence electrons. The number of aromatic nitrogens is 3.